The lowest BCUT2D eigenvalue weighted by molar-refractivity contribution is -0.141. The van der Waals surface area contributed by atoms with Gasteiger partial charge >= 0.3 is 0 Å². The number of benzene rings is 1. The van der Waals surface area contributed by atoms with Gasteiger partial charge < -0.3 is 9.80 Å². The first-order valence-corrected chi connectivity index (χ1v) is 11.3. The van der Waals surface area contributed by atoms with Gasteiger partial charge in [0.15, 0.2) is 0 Å². The molecule has 0 N–H and O–H groups in total. The van der Waals surface area contributed by atoms with Crippen molar-refractivity contribution in [3.05, 3.63) is 35.9 Å². The SMILES string of the molecule is CC(C)CC(=O)N1CCN(C(C(=O)N(C)Cc2ccccc2)C2CCCC2)CC1. The average Bonchev–Trinajstić information content (AvgIpc) is 3.23. The number of rotatable bonds is 7. The first-order chi connectivity index (χ1) is 14.0. The molecule has 1 atom stereocenters. The van der Waals surface area contributed by atoms with Crippen LogP contribution in [0.3, 0.4) is 0 Å². The van der Waals surface area contributed by atoms with Gasteiger partial charge in [0.05, 0.1) is 6.04 Å². The largest absolute Gasteiger partial charge is 0.340 e. The van der Waals surface area contributed by atoms with E-state index < -0.39 is 0 Å². The lowest BCUT2D eigenvalue weighted by Crippen LogP contribution is -2.58. The highest BCUT2D eigenvalue weighted by atomic mass is 16.2. The minimum absolute atomic E-state index is 0.0476. The number of carbonyl (C=O) groups is 2. The molecule has 29 heavy (non-hydrogen) atoms. The minimum Gasteiger partial charge on any atom is -0.340 e. The van der Waals surface area contributed by atoms with Crippen molar-refractivity contribution in [3.63, 3.8) is 0 Å². The molecule has 0 aromatic heterocycles. The molecule has 2 fully saturated rings. The van der Waals surface area contributed by atoms with Crippen LogP contribution in [0, 0.1) is 11.8 Å². The van der Waals surface area contributed by atoms with E-state index in [1.165, 1.54) is 12.8 Å². The second kappa shape index (κ2) is 10.2. The summed E-state index contributed by atoms with van der Waals surface area (Å²) in [6.07, 6.45) is 5.35. The van der Waals surface area contributed by atoms with E-state index in [0.717, 1.165) is 44.6 Å². The minimum atomic E-state index is -0.0476. The molecular weight excluding hydrogens is 362 g/mol. The van der Waals surface area contributed by atoms with Crippen LogP contribution in [0.25, 0.3) is 0 Å². The highest BCUT2D eigenvalue weighted by molar-refractivity contribution is 5.82. The van der Waals surface area contributed by atoms with Crippen molar-refractivity contribution in [1.29, 1.82) is 0 Å². The van der Waals surface area contributed by atoms with Gasteiger partial charge in [-0.1, -0.05) is 57.0 Å². The fourth-order valence-electron chi connectivity index (χ4n) is 4.82. The van der Waals surface area contributed by atoms with E-state index in [4.69, 9.17) is 0 Å². The van der Waals surface area contributed by atoms with Gasteiger partial charge in [0.25, 0.3) is 0 Å². The zero-order valence-electron chi connectivity index (χ0n) is 18.3. The Kier molecular flexibility index (Phi) is 7.70. The van der Waals surface area contributed by atoms with Crippen LogP contribution in [0.4, 0.5) is 0 Å². The summed E-state index contributed by atoms with van der Waals surface area (Å²) in [4.78, 5) is 32.2. The predicted molar refractivity (Wildman–Crippen MR) is 116 cm³/mol. The third-order valence-corrected chi connectivity index (χ3v) is 6.38. The first-order valence-electron chi connectivity index (χ1n) is 11.3. The summed E-state index contributed by atoms with van der Waals surface area (Å²) in [5, 5.41) is 0. The maximum absolute atomic E-state index is 13.5. The summed E-state index contributed by atoms with van der Waals surface area (Å²) in [5.41, 5.74) is 1.16. The van der Waals surface area contributed by atoms with Crippen LogP contribution in [0.1, 0.15) is 51.5 Å². The van der Waals surface area contributed by atoms with Gasteiger partial charge in [-0.05, 0) is 30.2 Å². The monoisotopic (exact) mass is 399 g/mol. The van der Waals surface area contributed by atoms with Gasteiger partial charge in [0.1, 0.15) is 0 Å². The van der Waals surface area contributed by atoms with Gasteiger partial charge in [-0.15, -0.1) is 0 Å². The normalized spacial score (nSPS) is 19.5. The second-order valence-electron chi connectivity index (χ2n) is 9.18. The molecule has 0 spiro atoms. The Balaban J connectivity index is 1.64. The lowest BCUT2D eigenvalue weighted by Gasteiger charge is -2.42. The zero-order valence-corrected chi connectivity index (χ0v) is 18.3. The number of carbonyl (C=O) groups excluding carboxylic acids is 2. The maximum Gasteiger partial charge on any atom is 0.240 e. The highest BCUT2D eigenvalue weighted by Gasteiger charge is 2.38. The van der Waals surface area contributed by atoms with Crippen molar-refractivity contribution in [1.82, 2.24) is 14.7 Å². The van der Waals surface area contributed by atoms with Crippen molar-refractivity contribution < 1.29 is 9.59 Å². The van der Waals surface area contributed by atoms with Crippen LogP contribution >= 0.6 is 0 Å². The fraction of sp³-hybridized carbons (Fsp3) is 0.667. The van der Waals surface area contributed by atoms with Crippen LogP contribution in [0.15, 0.2) is 30.3 Å². The lowest BCUT2D eigenvalue weighted by atomic mass is 9.94. The fourth-order valence-corrected chi connectivity index (χ4v) is 4.82. The summed E-state index contributed by atoms with van der Waals surface area (Å²) < 4.78 is 0. The quantitative estimate of drug-likeness (QED) is 0.706. The Morgan fingerprint density at radius 1 is 1.03 bits per heavy atom. The standard InChI is InChI=1S/C24H37N3O2/c1-19(2)17-22(28)26-13-15-27(16-14-26)23(21-11-7-8-12-21)24(29)25(3)18-20-9-5-4-6-10-20/h4-6,9-10,19,21,23H,7-8,11-18H2,1-3H3. The van der Waals surface area contributed by atoms with E-state index in [1.54, 1.807) is 0 Å². The molecule has 0 radical (unpaired) electrons. The number of piperazine rings is 1. The third kappa shape index (κ3) is 5.81. The Labute approximate surface area is 176 Å². The van der Waals surface area contributed by atoms with Crippen molar-refractivity contribution in [2.75, 3.05) is 33.2 Å². The predicted octanol–water partition coefficient (Wildman–Crippen LogP) is 3.39. The summed E-state index contributed by atoms with van der Waals surface area (Å²) in [5.74, 6) is 1.32. The Hall–Kier alpha value is -1.88. The van der Waals surface area contributed by atoms with Gasteiger partial charge in [0.2, 0.25) is 11.8 Å². The highest BCUT2D eigenvalue weighted by Crippen LogP contribution is 2.32. The number of nitrogens with zero attached hydrogens (tertiary/aromatic N) is 3. The molecule has 1 unspecified atom stereocenters. The van der Waals surface area contributed by atoms with Crippen LogP contribution in [0.2, 0.25) is 0 Å². The Morgan fingerprint density at radius 2 is 1.66 bits per heavy atom. The molecule has 1 saturated carbocycles. The zero-order chi connectivity index (χ0) is 20.8. The van der Waals surface area contributed by atoms with Gasteiger partial charge in [-0.2, -0.15) is 0 Å². The molecule has 160 valence electrons. The molecule has 0 bridgehead atoms. The molecule has 1 aliphatic carbocycles. The summed E-state index contributed by atoms with van der Waals surface area (Å²) in [6.45, 7) is 7.91. The van der Waals surface area contributed by atoms with Crippen molar-refractivity contribution in [2.45, 2.75) is 58.5 Å². The van der Waals surface area contributed by atoms with Crippen LogP contribution < -0.4 is 0 Å². The van der Waals surface area contributed by atoms with Crippen molar-refractivity contribution in [2.24, 2.45) is 11.8 Å². The molecular formula is C24H37N3O2. The number of likely N-dealkylation sites (N-methyl/N-ethyl adjacent to an activating group) is 1. The molecule has 1 aliphatic heterocycles. The molecule has 1 aromatic rings. The molecule has 3 rings (SSSR count). The van der Waals surface area contributed by atoms with Gasteiger partial charge in [0, 0.05) is 46.2 Å². The van der Waals surface area contributed by atoms with E-state index in [9.17, 15) is 9.59 Å². The third-order valence-electron chi connectivity index (χ3n) is 6.38. The Bertz CT molecular complexity index is 662. The second-order valence-corrected chi connectivity index (χ2v) is 9.18. The average molecular weight is 400 g/mol. The van der Waals surface area contributed by atoms with Gasteiger partial charge in [-0.3, -0.25) is 14.5 Å². The van der Waals surface area contributed by atoms with E-state index >= 15 is 0 Å². The van der Waals surface area contributed by atoms with Crippen molar-refractivity contribution >= 4 is 11.8 Å². The Morgan fingerprint density at radius 3 is 2.24 bits per heavy atom. The van der Waals surface area contributed by atoms with E-state index in [1.807, 2.05) is 35.0 Å². The topological polar surface area (TPSA) is 43.9 Å². The van der Waals surface area contributed by atoms with E-state index in [2.05, 4.69) is 30.9 Å². The summed E-state index contributed by atoms with van der Waals surface area (Å²) in [6, 6.07) is 10.2. The van der Waals surface area contributed by atoms with Crippen LogP contribution in [0.5, 0.6) is 0 Å². The first kappa shape index (κ1) is 21.8. The number of hydrogen-bond donors (Lipinski definition) is 0. The van der Waals surface area contributed by atoms with Crippen LogP contribution in [-0.2, 0) is 16.1 Å². The molecule has 1 saturated heterocycles. The molecule has 5 heteroatoms. The molecule has 2 aliphatic rings. The number of hydrogen-bond acceptors (Lipinski definition) is 3. The smallest absolute Gasteiger partial charge is 0.240 e. The van der Waals surface area contributed by atoms with Crippen LogP contribution in [-0.4, -0.2) is 65.8 Å². The molecule has 1 heterocycles. The van der Waals surface area contributed by atoms with Crippen molar-refractivity contribution in [3.8, 4) is 0 Å². The molecule has 5 nitrogen and oxygen atoms in total. The summed E-state index contributed by atoms with van der Waals surface area (Å²) >= 11 is 0. The van der Waals surface area contributed by atoms with E-state index in [-0.39, 0.29) is 17.9 Å². The van der Waals surface area contributed by atoms with Gasteiger partial charge in [-0.25, -0.2) is 0 Å². The summed E-state index contributed by atoms with van der Waals surface area (Å²) in [7, 11) is 1.93. The molecule has 2 amide bonds. The maximum atomic E-state index is 13.5. The van der Waals surface area contributed by atoms with E-state index in [0.29, 0.717) is 24.8 Å². The molecule has 1 aromatic carbocycles. The number of amides is 2.